The van der Waals surface area contributed by atoms with Gasteiger partial charge in [-0.3, -0.25) is 4.79 Å². The molecule has 0 aromatic heterocycles. The van der Waals surface area contributed by atoms with Gasteiger partial charge in [0.1, 0.15) is 11.6 Å². The lowest BCUT2D eigenvalue weighted by Crippen LogP contribution is -2.23. The normalized spacial score (nSPS) is 10.1. The second-order valence-electron chi connectivity index (χ2n) is 2.99. The van der Waals surface area contributed by atoms with Gasteiger partial charge in [0.25, 0.3) is 0 Å². The van der Waals surface area contributed by atoms with Crippen LogP contribution in [0.4, 0.5) is 8.78 Å². The summed E-state index contributed by atoms with van der Waals surface area (Å²) < 4.78 is 25.8. The van der Waals surface area contributed by atoms with Crippen molar-refractivity contribution in [3.05, 3.63) is 35.4 Å². The molecular weight excluding hydrogens is 220 g/mol. The highest BCUT2D eigenvalue weighted by Crippen LogP contribution is 2.09. The van der Waals surface area contributed by atoms with E-state index in [0.29, 0.717) is 5.75 Å². The van der Waals surface area contributed by atoms with Crippen LogP contribution in [0.1, 0.15) is 12.0 Å². The zero-order chi connectivity index (χ0) is 11.3. The van der Waals surface area contributed by atoms with E-state index in [1.165, 1.54) is 0 Å². The average Bonchev–Trinajstić information content (AvgIpc) is 2.20. The first-order valence-electron chi connectivity index (χ1n) is 4.45. The molecule has 15 heavy (non-hydrogen) atoms. The minimum absolute atomic E-state index is 0.00377. The number of carbonyl (C=O) groups excluding carboxylic acids is 1. The van der Waals surface area contributed by atoms with E-state index in [1.54, 1.807) is 0 Å². The van der Waals surface area contributed by atoms with Gasteiger partial charge in [0.05, 0.1) is 0 Å². The Hall–Kier alpha value is -1.10. The molecule has 0 bridgehead atoms. The van der Waals surface area contributed by atoms with Crippen LogP contribution in [-0.4, -0.2) is 11.7 Å². The molecule has 0 atom stereocenters. The lowest BCUT2D eigenvalue weighted by molar-refractivity contribution is -0.120. The molecule has 0 radical (unpaired) electrons. The van der Waals surface area contributed by atoms with Crippen molar-refractivity contribution in [2.24, 2.45) is 0 Å². The fraction of sp³-hybridized carbons (Fsp3) is 0.300. The molecule has 1 aromatic rings. The molecule has 5 heteroatoms. The summed E-state index contributed by atoms with van der Waals surface area (Å²) in [5, 5.41) is 2.47. The van der Waals surface area contributed by atoms with Gasteiger partial charge in [-0.15, -0.1) is 0 Å². The van der Waals surface area contributed by atoms with E-state index in [4.69, 9.17) is 0 Å². The summed E-state index contributed by atoms with van der Waals surface area (Å²) in [5.74, 6) is -0.844. The fourth-order valence-corrected chi connectivity index (χ4v) is 1.27. The molecule has 1 N–H and O–H groups in total. The zero-order valence-corrected chi connectivity index (χ0v) is 8.86. The first kappa shape index (κ1) is 12.0. The summed E-state index contributed by atoms with van der Waals surface area (Å²) in [6.07, 6.45) is 0.264. The molecule has 1 aromatic carbocycles. The number of nitrogens with one attached hydrogen (secondary N) is 1. The molecule has 0 fully saturated rings. The van der Waals surface area contributed by atoms with Crippen molar-refractivity contribution in [3.8, 4) is 0 Å². The summed E-state index contributed by atoms with van der Waals surface area (Å²) in [5.41, 5.74) is 0.141. The number of hydrogen-bond acceptors (Lipinski definition) is 2. The molecule has 1 rings (SSSR count). The molecule has 0 aliphatic rings. The molecule has 82 valence electrons. The Balaban J connectivity index is 2.57. The van der Waals surface area contributed by atoms with Crippen LogP contribution in [0.15, 0.2) is 18.2 Å². The first-order valence-corrected chi connectivity index (χ1v) is 5.08. The second-order valence-corrected chi connectivity index (χ2v) is 3.43. The minimum Gasteiger partial charge on any atom is -0.352 e. The second kappa shape index (κ2) is 5.70. The number of benzene rings is 1. The quantitative estimate of drug-likeness (QED) is 0.761. The van der Waals surface area contributed by atoms with E-state index in [9.17, 15) is 13.6 Å². The van der Waals surface area contributed by atoms with Crippen molar-refractivity contribution in [3.63, 3.8) is 0 Å². The molecule has 2 nitrogen and oxygen atoms in total. The van der Waals surface area contributed by atoms with E-state index in [-0.39, 0.29) is 24.4 Å². The van der Waals surface area contributed by atoms with Gasteiger partial charge < -0.3 is 5.32 Å². The van der Waals surface area contributed by atoms with Crippen LogP contribution in [0.2, 0.25) is 0 Å². The summed E-state index contributed by atoms with van der Waals surface area (Å²) in [4.78, 5) is 11.0. The SMILES string of the molecule is O=C(CCS)NCc1cc(F)ccc1F. The zero-order valence-electron chi connectivity index (χ0n) is 7.96. The molecule has 0 unspecified atom stereocenters. The van der Waals surface area contributed by atoms with E-state index in [1.807, 2.05) is 0 Å². The van der Waals surface area contributed by atoms with E-state index in [0.717, 1.165) is 18.2 Å². The fourth-order valence-electron chi connectivity index (χ4n) is 1.06. The third-order valence-electron chi connectivity index (χ3n) is 1.82. The maximum absolute atomic E-state index is 13.1. The number of hydrogen-bond donors (Lipinski definition) is 2. The number of rotatable bonds is 4. The summed E-state index contributed by atoms with van der Waals surface area (Å²) in [6.45, 7) is -0.00377. The maximum atomic E-state index is 13.1. The highest BCUT2D eigenvalue weighted by molar-refractivity contribution is 7.80. The van der Waals surface area contributed by atoms with Gasteiger partial charge >= 0.3 is 0 Å². The molecule has 0 spiro atoms. The molecule has 0 aliphatic heterocycles. The Morgan fingerprint density at radius 2 is 2.13 bits per heavy atom. The van der Waals surface area contributed by atoms with Crippen molar-refractivity contribution < 1.29 is 13.6 Å². The largest absolute Gasteiger partial charge is 0.352 e. The molecule has 0 heterocycles. The van der Waals surface area contributed by atoms with Gasteiger partial charge in [-0.2, -0.15) is 12.6 Å². The smallest absolute Gasteiger partial charge is 0.221 e. The van der Waals surface area contributed by atoms with Gasteiger partial charge in [-0.05, 0) is 24.0 Å². The molecule has 0 saturated heterocycles. The van der Waals surface area contributed by atoms with Crippen LogP contribution in [-0.2, 0) is 11.3 Å². The average molecular weight is 231 g/mol. The van der Waals surface area contributed by atoms with Crippen LogP contribution in [0, 0.1) is 11.6 Å². The Morgan fingerprint density at radius 1 is 1.40 bits per heavy atom. The van der Waals surface area contributed by atoms with Crippen molar-refractivity contribution in [1.82, 2.24) is 5.32 Å². The van der Waals surface area contributed by atoms with E-state index >= 15 is 0 Å². The van der Waals surface area contributed by atoms with Crippen molar-refractivity contribution in [1.29, 1.82) is 0 Å². The predicted octanol–water partition coefficient (Wildman–Crippen LogP) is 1.90. The number of carbonyl (C=O) groups is 1. The van der Waals surface area contributed by atoms with Crippen LogP contribution in [0.25, 0.3) is 0 Å². The van der Waals surface area contributed by atoms with E-state index < -0.39 is 11.6 Å². The first-order chi connectivity index (χ1) is 7.13. The Bertz CT molecular complexity index is 357. The Morgan fingerprint density at radius 3 is 2.80 bits per heavy atom. The van der Waals surface area contributed by atoms with Gasteiger partial charge in [0, 0.05) is 18.5 Å². The Kier molecular flexibility index (Phi) is 4.55. The Labute approximate surface area is 92.1 Å². The number of thiol groups is 1. The van der Waals surface area contributed by atoms with Gasteiger partial charge in [0.15, 0.2) is 0 Å². The monoisotopic (exact) mass is 231 g/mol. The highest BCUT2D eigenvalue weighted by Gasteiger charge is 2.05. The third-order valence-corrected chi connectivity index (χ3v) is 2.05. The van der Waals surface area contributed by atoms with E-state index in [2.05, 4.69) is 17.9 Å². The van der Waals surface area contributed by atoms with Crippen LogP contribution < -0.4 is 5.32 Å². The molecule has 0 aliphatic carbocycles. The van der Waals surface area contributed by atoms with Crippen LogP contribution >= 0.6 is 12.6 Å². The van der Waals surface area contributed by atoms with Gasteiger partial charge in [-0.25, -0.2) is 8.78 Å². The molecule has 1 amide bonds. The highest BCUT2D eigenvalue weighted by atomic mass is 32.1. The van der Waals surface area contributed by atoms with Crippen LogP contribution in [0.5, 0.6) is 0 Å². The van der Waals surface area contributed by atoms with Crippen molar-refractivity contribution in [2.75, 3.05) is 5.75 Å². The summed E-state index contributed by atoms with van der Waals surface area (Å²) in [7, 11) is 0. The topological polar surface area (TPSA) is 29.1 Å². The minimum atomic E-state index is -0.525. The van der Waals surface area contributed by atoms with Gasteiger partial charge in [0.2, 0.25) is 5.91 Å². The number of halogens is 2. The summed E-state index contributed by atoms with van der Waals surface area (Å²) in [6, 6.07) is 3.14. The lowest BCUT2D eigenvalue weighted by Gasteiger charge is -2.05. The standard InChI is InChI=1S/C10H11F2NOS/c11-8-1-2-9(12)7(5-8)6-13-10(14)3-4-15/h1-2,5,15H,3-4,6H2,(H,13,14). The van der Waals surface area contributed by atoms with Gasteiger partial charge in [-0.1, -0.05) is 0 Å². The maximum Gasteiger partial charge on any atom is 0.221 e. The summed E-state index contributed by atoms with van der Waals surface area (Å²) >= 11 is 3.88. The van der Waals surface area contributed by atoms with Crippen LogP contribution in [0.3, 0.4) is 0 Å². The lowest BCUT2D eigenvalue weighted by atomic mass is 10.2. The third kappa shape index (κ3) is 3.87. The van der Waals surface area contributed by atoms with Crippen molar-refractivity contribution >= 4 is 18.5 Å². The predicted molar refractivity (Wildman–Crippen MR) is 56.7 cm³/mol. The molecule has 0 saturated carbocycles. The van der Waals surface area contributed by atoms with Crippen molar-refractivity contribution in [2.45, 2.75) is 13.0 Å². The molecular formula is C10H11F2NOS. The number of amides is 1.